The number of nitrogens with zero attached hydrogens (tertiary/aromatic N) is 4. The number of carbonyl (C=O) groups excluding carboxylic acids is 2. The summed E-state index contributed by atoms with van der Waals surface area (Å²) in [5.41, 5.74) is 0.514. The summed E-state index contributed by atoms with van der Waals surface area (Å²) >= 11 is 1.25. The quantitative estimate of drug-likeness (QED) is 0.751. The number of urea groups is 1. The van der Waals surface area contributed by atoms with E-state index in [4.69, 9.17) is 0 Å². The van der Waals surface area contributed by atoms with Gasteiger partial charge in [0.15, 0.2) is 11.0 Å². The Morgan fingerprint density at radius 3 is 2.50 bits per heavy atom. The average Bonchev–Trinajstić information content (AvgIpc) is 2.95. The van der Waals surface area contributed by atoms with Crippen LogP contribution in [0.25, 0.3) is 11.4 Å². The van der Waals surface area contributed by atoms with Gasteiger partial charge < -0.3 is 9.88 Å². The van der Waals surface area contributed by atoms with Crippen LogP contribution in [0.15, 0.2) is 29.7 Å². The minimum absolute atomic E-state index is 0.0791. The molecule has 0 radical (unpaired) electrons. The second kappa shape index (κ2) is 8.79. The Labute approximate surface area is 157 Å². The van der Waals surface area contributed by atoms with Gasteiger partial charge in [0.25, 0.3) is 0 Å². The number of pyridine rings is 1. The Bertz CT molecular complexity index is 754. The molecule has 0 unspecified atom stereocenters. The lowest BCUT2D eigenvalue weighted by Gasteiger charge is -2.20. The van der Waals surface area contributed by atoms with E-state index in [0.717, 1.165) is 24.4 Å². The maximum atomic E-state index is 12.0. The maximum Gasteiger partial charge on any atom is 0.321 e. The second-order valence-electron chi connectivity index (χ2n) is 6.73. The van der Waals surface area contributed by atoms with Gasteiger partial charge in [-0.15, -0.1) is 10.2 Å². The molecule has 140 valence electrons. The monoisotopic (exact) mass is 376 g/mol. The zero-order valence-corrected chi connectivity index (χ0v) is 16.3. The van der Waals surface area contributed by atoms with Crippen molar-refractivity contribution in [2.75, 3.05) is 5.75 Å². The molecular formula is C17H24N6O2S. The minimum atomic E-state index is -0.504. The Balaban J connectivity index is 2.02. The fourth-order valence-electron chi connectivity index (χ4n) is 2.20. The van der Waals surface area contributed by atoms with Crippen LogP contribution in [0.3, 0.4) is 0 Å². The van der Waals surface area contributed by atoms with Crippen LogP contribution in [0, 0.1) is 0 Å². The summed E-state index contributed by atoms with van der Waals surface area (Å²) in [7, 11) is 0. The van der Waals surface area contributed by atoms with Gasteiger partial charge in [0.05, 0.1) is 5.75 Å². The molecule has 2 rings (SSSR count). The zero-order chi connectivity index (χ0) is 19.2. The molecular weight excluding hydrogens is 352 g/mol. The molecule has 8 nitrogen and oxygen atoms in total. The first kappa shape index (κ1) is 19.9. The number of hydrogen-bond acceptors (Lipinski definition) is 6. The molecule has 0 atom stereocenters. The molecule has 0 spiro atoms. The standard InChI is InChI=1S/C17H24N6O2S/c1-5-10-23-14(12-6-8-18-9-7-12)21-22-16(23)26-11-13(24)19-15(25)20-17(2,3)4/h6-9H,5,10-11H2,1-4H3,(H2,19,20,24,25). The van der Waals surface area contributed by atoms with Crippen LogP contribution in [0.4, 0.5) is 4.79 Å². The summed E-state index contributed by atoms with van der Waals surface area (Å²) in [4.78, 5) is 27.8. The van der Waals surface area contributed by atoms with E-state index < -0.39 is 11.6 Å². The average molecular weight is 376 g/mol. The van der Waals surface area contributed by atoms with E-state index in [-0.39, 0.29) is 11.7 Å². The van der Waals surface area contributed by atoms with Gasteiger partial charge in [-0.1, -0.05) is 18.7 Å². The van der Waals surface area contributed by atoms with Crippen LogP contribution >= 0.6 is 11.8 Å². The van der Waals surface area contributed by atoms with Crippen molar-refractivity contribution in [3.05, 3.63) is 24.5 Å². The lowest BCUT2D eigenvalue weighted by molar-refractivity contribution is -0.117. The summed E-state index contributed by atoms with van der Waals surface area (Å²) in [6.45, 7) is 8.34. The molecule has 0 fully saturated rings. The number of carbonyl (C=O) groups is 2. The molecule has 0 aliphatic rings. The van der Waals surface area contributed by atoms with Crippen molar-refractivity contribution in [2.45, 2.75) is 51.4 Å². The number of rotatable bonds is 6. The molecule has 0 aliphatic carbocycles. The largest absolute Gasteiger partial charge is 0.333 e. The van der Waals surface area contributed by atoms with Gasteiger partial charge in [0, 0.05) is 30.0 Å². The molecule has 2 aromatic rings. The van der Waals surface area contributed by atoms with Crippen molar-refractivity contribution in [1.29, 1.82) is 0 Å². The molecule has 9 heteroatoms. The molecule has 0 bridgehead atoms. The van der Waals surface area contributed by atoms with E-state index in [0.29, 0.717) is 5.16 Å². The van der Waals surface area contributed by atoms with Gasteiger partial charge in [-0.2, -0.15) is 0 Å². The van der Waals surface area contributed by atoms with E-state index >= 15 is 0 Å². The molecule has 2 N–H and O–H groups in total. The number of hydrogen-bond donors (Lipinski definition) is 2. The normalized spacial score (nSPS) is 11.2. The minimum Gasteiger partial charge on any atom is -0.333 e. The van der Waals surface area contributed by atoms with Crippen LogP contribution in [0.5, 0.6) is 0 Å². The van der Waals surface area contributed by atoms with E-state index in [1.807, 2.05) is 37.5 Å². The van der Waals surface area contributed by atoms with Gasteiger partial charge in [-0.05, 0) is 39.3 Å². The first-order valence-corrected chi connectivity index (χ1v) is 9.37. The van der Waals surface area contributed by atoms with Crippen LogP contribution in [0.2, 0.25) is 0 Å². The van der Waals surface area contributed by atoms with Crippen LogP contribution < -0.4 is 10.6 Å². The highest BCUT2D eigenvalue weighted by molar-refractivity contribution is 7.99. The second-order valence-corrected chi connectivity index (χ2v) is 7.68. The molecule has 3 amide bonds. The topological polar surface area (TPSA) is 102 Å². The number of thioether (sulfide) groups is 1. The molecule has 0 saturated heterocycles. The van der Waals surface area contributed by atoms with Gasteiger partial charge in [0.2, 0.25) is 5.91 Å². The number of imide groups is 1. The van der Waals surface area contributed by atoms with Crippen molar-refractivity contribution in [2.24, 2.45) is 0 Å². The van der Waals surface area contributed by atoms with Crippen molar-refractivity contribution in [1.82, 2.24) is 30.4 Å². The van der Waals surface area contributed by atoms with Crippen molar-refractivity contribution < 1.29 is 9.59 Å². The maximum absolute atomic E-state index is 12.0. The Kier molecular flexibility index (Phi) is 6.73. The predicted molar refractivity (Wildman–Crippen MR) is 101 cm³/mol. The third-order valence-electron chi connectivity index (χ3n) is 3.18. The van der Waals surface area contributed by atoms with Crippen molar-refractivity contribution in [3.63, 3.8) is 0 Å². The van der Waals surface area contributed by atoms with Gasteiger partial charge in [0.1, 0.15) is 0 Å². The van der Waals surface area contributed by atoms with E-state index in [1.54, 1.807) is 12.4 Å². The fraction of sp³-hybridized carbons (Fsp3) is 0.471. The third-order valence-corrected chi connectivity index (χ3v) is 4.14. The summed E-state index contributed by atoms with van der Waals surface area (Å²) in [5.74, 6) is 0.436. The van der Waals surface area contributed by atoms with Crippen LogP contribution in [-0.2, 0) is 11.3 Å². The number of aromatic nitrogens is 4. The molecule has 2 aromatic heterocycles. The first-order valence-electron chi connectivity index (χ1n) is 8.38. The van der Waals surface area contributed by atoms with Gasteiger partial charge in [-0.3, -0.25) is 15.1 Å². The molecule has 2 heterocycles. The third kappa shape index (κ3) is 5.83. The smallest absolute Gasteiger partial charge is 0.321 e. The van der Waals surface area contributed by atoms with E-state index in [9.17, 15) is 9.59 Å². The van der Waals surface area contributed by atoms with Crippen molar-refractivity contribution in [3.8, 4) is 11.4 Å². The van der Waals surface area contributed by atoms with Gasteiger partial charge in [-0.25, -0.2) is 4.79 Å². The number of nitrogens with one attached hydrogen (secondary N) is 2. The lowest BCUT2D eigenvalue weighted by atomic mass is 10.1. The lowest BCUT2D eigenvalue weighted by Crippen LogP contribution is -2.48. The summed E-state index contributed by atoms with van der Waals surface area (Å²) in [5, 5.41) is 14.1. The SMILES string of the molecule is CCCn1c(SCC(=O)NC(=O)NC(C)(C)C)nnc1-c1ccncc1. The van der Waals surface area contributed by atoms with Gasteiger partial charge >= 0.3 is 6.03 Å². The highest BCUT2D eigenvalue weighted by atomic mass is 32.2. The highest BCUT2D eigenvalue weighted by Crippen LogP contribution is 2.23. The summed E-state index contributed by atoms with van der Waals surface area (Å²) < 4.78 is 1.97. The molecule has 0 aliphatic heterocycles. The molecule has 0 saturated carbocycles. The predicted octanol–water partition coefficient (Wildman–Crippen LogP) is 2.47. The zero-order valence-electron chi connectivity index (χ0n) is 15.4. The Morgan fingerprint density at radius 2 is 1.88 bits per heavy atom. The Hall–Kier alpha value is -2.42. The summed E-state index contributed by atoms with van der Waals surface area (Å²) in [6, 6.07) is 3.23. The first-order chi connectivity index (χ1) is 12.3. The fourth-order valence-corrected chi connectivity index (χ4v) is 2.96. The highest BCUT2D eigenvalue weighted by Gasteiger charge is 2.18. The van der Waals surface area contributed by atoms with E-state index in [2.05, 4.69) is 32.7 Å². The Morgan fingerprint density at radius 1 is 1.19 bits per heavy atom. The van der Waals surface area contributed by atoms with E-state index in [1.165, 1.54) is 11.8 Å². The number of amides is 3. The van der Waals surface area contributed by atoms with Crippen LogP contribution in [0.1, 0.15) is 34.1 Å². The van der Waals surface area contributed by atoms with Crippen LogP contribution in [-0.4, -0.2) is 43.0 Å². The summed E-state index contributed by atoms with van der Waals surface area (Å²) in [6.07, 6.45) is 4.31. The molecule has 26 heavy (non-hydrogen) atoms. The van der Waals surface area contributed by atoms with Crippen molar-refractivity contribution >= 4 is 23.7 Å². The molecule has 0 aromatic carbocycles.